The second-order valence-electron chi connectivity index (χ2n) is 10.2. The molecular weight excluding hydrogens is 599 g/mol. The summed E-state index contributed by atoms with van der Waals surface area (Å²) in [6.45, 7) is 0.926. The number of nitrogens with one attached hydrogen (secondary N) is 3. The highest BCUT2D eigenvalue weighted by Gasteiger charge is 2.38. The minimum absolute atomic E-state index is 0.0690. The lowest BCUT2D eigenvalue weighted by atomic mass is 9.95. The molecule has 43 heavy (non-hydrogen) atoms. The van der Waals surface area contributed by atoms with Gasteiger partial charge >= 0.3 is 0 Å². The van der Waals surface area contributed by atoms with Crippen LogP contribution in [0.5, 0.6) is 0 Å². The molecule has 1 atom stereocenters. The standard InChI is InChI=1S/C30H23Cl2F2N7O2/c31-16-4-6-18-20(10-16)26(24-22(33)2-1-3-23(24)34)37-12-15-13-38-29(40-25(15)18)39-17-5-7-19(21(32)11-17)27(42)41-28(43)30(35)8-9-36-14-30/h1-7,10-11,13,36H,8-9,12,14,35H2,(H,38,39,40)(H,41,42,43). The van der Waals surface area contributed by atoms with Crippen molar-refractivity contribution in [3.05, 3.63) is 105 Å². The van der Waals surface area contributed by atoms with Gasteiger partial charge in [0, 0.05) is 40.1 Å². The largest absolute Gasteiger partial charge is 0.324 e. The first kappa shape index (κ1) is 28.8. The second-order valence-corrected chi connectivity index (χ2v) is 11.0. The highest BCUT2D eigenvalue weighted by molar-refractivity contribution is 6.34. The van der Waals surface area contributed by atoms with Gasteiger partial charge in [0.05, 0.1) is 34.1 Å². The predicted octanol–water partition coefficient (Wildman–Crippen LogP) is 4.77. The molecule has 1 fully saturated rings. The van der Waals surface area contributed by atoms with Crippen molar-refractivity contribution in [2.24, 2.45) is 10.7 Å². The van der Waals surface area contributed by atoms with Crippen LogP contribution in [0.3, 0.4) is 0 Å². The van der Waals surface area contributed by atoms with E-state index in [1.165, 1.54) is 30.3 Å². The lowest BCUT2D eigenvalue weighted by Gasteiger charge is -2.21. The summed E-state index contributed by atoms with van der Waals surface area (Å²) in [7, 11) is 0. The number of fused-ring (bicyclic) bond motifs is 3. The van der Waals surface area contributed by atoms with E-state index in [1.54, 1.807) is 30.5 Å². The molecule has 6 rings (SSSR count). The molecule has 2 aliphatic heterocycles. The molecule has 1 aromatic heterocycles. The highest BCUT2D eigenvalue weighted by Crippen LogP contribution is 2.35. The number of hydrogen-bond acceptors (Lipinski definition) is 8. The molecule has 0 bridgehead atoms. The van der Waals surface area contributed by atoms with Crippen LogP contribution in [0.15, 0.2) is 65.8 Å². The number of anilines is 2. The fourth-order valence-corrected chi connectivity index (χ4v) is 5.47. The Bertz CT molecular complexity index is 1810. The van der Waals surface area contributed by atoms with Crippen molar-refractivity contribution in [3.8, 4) is 11.3 Å². The molecular formula is C30H23Cl2F2N7O2. The number of rotatable bonds is 5. The molecule has 3 aromatic carbocycles. The number of hydrogen-bond donors (Lipinski definition) is 4. The van der Waals surface area contributed by atoms with E-state index in [4.69, 9.17) is 28.9 Å². The Morgan fingerprint density at radius 2 is 1.81 bits per heavy atom. The minimum Gasteiger partial charge on any atom is -0.324 e. The number of amides is 2. The summed E-state index contributed by atoms with van der Waals surface area (Å²) in [6, 6.07) is 13.2. The molecule has 0 radical (unpaired) electrons. The zero-order valence-electron chi connectivity index (χ0n) is 22.3. The maximum absolute atomic E-state index is 14.8. The SMILES string of the molecule is NC1(C(=O)NC(=O)c2ccc(Nc3ncc4c(n3)-c3ccc(Cl)cc3C(c3c(F)cccc3F)=NC4)cc2Cl)CCNC1. The molecule has 2 aliphatic rings. The first-order valence-corrected chi connectivity index (χ1v) is 14.0. The van der Waals surface area contributed by atoms with E-state index in [1.807, 2.05) is 0 Å². The van der Waals surface area contributed by atoms with Crippen molar-refractivity contribution in [2.45, 2.75) is 18.5 Å². The Balaban J connectivity index is 1.28. The molecule has 218 valence electrons. The molecule has 0 spiro atoms. The van der Waals surface area contributed by atoms with Gasteiger partial charge in [0.15, 0.2) is 0 Å². The molecule has 13 heteroatoms. The number of nitrogens with two attached hydrogens (primary N) is 1. The number of carbonyl (C=O) groups is 2. The van der Waals surface area contributed by atoms with Crippen molar-refractivity contribution in [1.29, 1.82) is 0 Å². The smallest absolute Gasteiger partial charge is 0.259 e. The average Bonchev–Trinajstić information content (AvgIpc) is 3.36. The van der Waals surface area contributed by atoms with Crippen molar-refractivity contribution in [2.75, 3.05) is 18.4 Å². The van der Waals surface area contributed by atoms with Gasteiger partial charge < -0.3 is 16.4 Å². The number of nitrogens with zero attached hydrogens (tertiary/aromatic N) is 3. The molecule has 1 saturated heterocycles. The zero-order chi connectivity index (χ0) is 30.3. The average molecular weight is 622 g/mol. The monoisotopic (exact) mass is 621 g/mol. The van der Waals surface area contributed by atoms with Crippen LogP contribution in [0, 0.1) is 11.6 Å². The highest BCUT2D eigenvalue weighted by atomic mass is 35.5. The zero-order valence-corrected chi connectivity index (χ0v) is 23.9. The Kier molecular flexibility index (Phi) is 7.65. The van der Waals surface area contributed by atoms with Gasteiger partial charge in [0.1, 0.15) is 17.2 Å². The first-order chi connectivity index (χ1) is 20.6. The van der Waals surface area contributed by atoms with Gasteiger partial charge in [-0.05, 0) is 55.4 Å². The summed E-state index contributed by atoms with van der Waals surface area (Å²) in [4.78, 5) is 38.9. The molecule has 4 aromatic rings. The van der Waals surface area contributed by atoms with Gasteiger partial charge in [0.2, 0.25) is 11.9 Å². The maximum atomic E-state index is 14.8. The predicted molar refractivity (Wildman–Crippen MR) is 160 cm³/mol. The van der Waals surface area contributed by atoms with E-state index in [0.717, 1.165) is 0 Å². The summed E-state index contributed by atoms with van der Waals surface area (Å²) >= 11 is 12.7. The van der Waals surface area contributed by atoms with Gasteiger partial charge in [-0.3, -0.25) is 19.9 Å². The van der Waals surface area contributed by atoms with E-state index in [0.29, 0.717) is 46.1 Å². The molecule has 0 saturated carbocycles. The fraction of sp³-hybridized carbons (Fsp3) is 0.167. The quantitative estimate of drug-likeness (QED) is 0.236. The topological polar surface area (TPSA) is 134 Å². The molecule has 3 heterocycles. The van der Waals surface area contributed by atoms with Crippen LogP contribution in [0.1, 0.15) is 33.5 Å². The van der Waals surface area contributed by atoms with Gasteiger partial charge in [-0.2, -0.15) is 0 Å². The van der Waals surface area contributed by atoms with Gasteiger partial charge in [-0.25, -0.2) is 18.7 Å². The summed E-state index contributed by atoms with van der Waals surface area (Å²) < 4.78 is 29.6. The van der Waals surface area contributed by atoms with Gasteiger partial charge in [-0.1, -0.05) is 35.3 Å². The van der Waals surface area contributed by atoms with E-state index in [-0.39, 0.29) is 40.9 Å². The third kappa shape index (κ3) is 5.59. The number of imide groups is 1. The summed E-state index contributed by atoms with van der Waals surface area (Å²) in [5.74, 6) is -2.55. The van der Waals surface area contributed by atoms with E-state index in [2.05, 4.69) is 30.9 Å². The van der Waals surface area contributed by atoms with Gasteiger partial charge in [0.25, 0.3) is 5.91 Å². The van der Waals surface area contributed by atoms with E-state index < -0.39 is 29.0 Å². The molecule has 2 amide bonds. The summed E-state index contributed by atoms with van der Waals surface area (Å²) in [5.41, 5.74) is 7.46. The first-order valence-electron chi connectivity index (χ1n) is 13.2. The Labute approximate surface area is 254 Å². The minimum atomic E-state index is -1.16. The fourth-order valence-electron chi connectivity index (χ4n) is 5.03. The van der Waals surface area contributed by atoms with Crippen LogP contribution in [-0.4, -0.2) is 46.1 Å². The van der Waals surface area contributed by atoms with Crippen LogP contribution in [0.2, 0.25) is 10.0 Å². The van der Waals surface area contributed by atoms with Crippen molar-refractivity contribution in [3.63, 3.8) is 0 Å². The lowest BCUT2D eigenvalue weighted by Crippen LogP contribution is -2.56. The summed E-state index contributed by atoms with van der Waals surface area (Å²) in [6.07, 6.45) is 1.98. The van der Waals surface area contributed by atoms with Crippen molar-refractivity contribution in [1.82, 2.24) is 20.6 Å². The number of aromatic nitrogens is 2. The van der Waals surface area contributed by atoms with Crippen LogP contribution in [0.4, 0.5) is 20.4 Å². The van der Waals surface area contributed by atoms with Crippen LogP contribution >= 0.6 is 23.2 Å². The van der Waals surface area contributed by atoms with Crippen molar-refractivity contribution < 1.29 is 18.4 Å². The third-order valence-corrected chi connectivity index (χ3v) is 7.85. The number of carbonyl (C=O) groups excluding carboxylic acids is 2. The maximum Gasteiger partial charge on any atom is 0.259 e. The van der Waals surface area contributed by atoms with Gasteiger partial charge in [-0.15, -0.1) is 0 Å². The molecule has 9 nitrogen and oxygen atoms in total. The number of benzene rings is 3. The second kappa shape index (κ2) is 11.4. The molecule has 5 N–H and O–H groups in total. The van der Waals surface area contributed by atoms with E-state index in [9.17, 15) is 18.4 Å². The molecule has 0 aliphatic carbocycles. The Morgan fingerprint density at radius 1 is 1.02 bits per heavy atom. The summed E-state index contributed by atoms with van der Waals surface area (Å²) in [5, 5.41) is 8.84. The van der Waals surface area contributed by atoms with Crippen LogP contribution in [-0.2, 0) is 11.3 Å². The normalized spacial score (nSPS) is 17.4. The van der Waals surface area contributed by atoms with Crippen LogP contribution in [0.25, 0.3) is 11.3 Å². The molecule has 1 unspecified atom stereocenters. The Morgan fingerprint density at radius 3 is 2.53 bits per heavy atom. The van der Waals surface area contributed by atoms with E-state index >= 15 is 0 Å². The third-order valence-electron chi connectivity index (χ3n) is 7.30. The van der Waals surface area contributed by atoms with Crippen LogP contribution < -0.4 is 21.7 Å². The lowest BCUT2D eigenvalue weighted by molar-refractivity contribution is -0.124. The van der Waals surface area contributed by atoms with Crippen molar-refractivity contribution >= 4 is 52.4 Å². The number of aliphatic imine (C=N–C) groups is 1. The number of halogens is 4. The Hall–Kier alpha value is -4.29.